The predicted octanol–water partition coefficient (Wildman–Crippen LogP) is 2.98. The Morgan fingerprint density at radius 3 is 2.97 bits per heavy atom. The standard InChI is InChI=1S/C26H34N2O5S/c1-4-11-27(16-20(29)18-32-13-5-2)17-26(30)28-12-9-25-23(10-14-34-25)24(28)19-33-22-8-6-7-21(15-22)31-3/h2,6-8,10,14-15,20,24,29H,4,9,11-13,16-19H2,1,3H3/t20-,24-/m1/s1. The van der Waals surface area contributed by atoms with E-state index in [4.69, 9.17) is 20.6 Å². The van der Waals surface area contributed by atoms with Crippen LogP contribution in [0.4, 0.5) is 0 Å². The molecule has 2 aromatic rings. The lowest BCUT2D eigenvalue weighted by atomic mass is 10.0. The monoisotopic (exact) mass is 486 g/mol. The summed E-state index contributed by atoms with van der Waals surface area (Å²) in [6, 6.07) is 9.41. The Morgan fingerprint density at radius 1 is 1.38 bits per heavy atom. The van der Waals surface area contributed by atoms with Crippen LogP contribution in [0.5, 0.6) is 11.5 Å². The molecule has 1 aromatic carbocycles. The first-order chi connectivity index (χ1) is 16.5. The molecular weight excluding hydrogens is 452 g/mol. The summed E-state index contributed by atoms with van der Waals surface area (Å²) in [4.78, 5) is 18.6. The second-order valence-corrected chi connectivity index (χ2v) is 9.25. The van der Waals surface area contributed by atoms with E-state index in [0.717, 1.165) is 24.2 Å². The molecule has 7 nitrogen and oxygen atoms in total. The number of benzene rings is 1. The summed E-state index contributed by atoms with van der Waals surface area (Å²) < 4.78 is 16.7. The third-order valence-electron chi connectivity index (χ3n) is 5.73. The van der Waals surface area contributed by atoms with E-state index in [1.165, 1.54) is 4.88 Å². The first-order valence-electron chi connectivity index (χ1n) is 11.6. The van der Waals surface area contributed by atoms with Crippen LogP contribution in [0.1, 0.15) is 29.8 Å². The van der Waals surface area contributed by atoms with E-state index in [0.29, 0.717) is 32.0 Å². The highest BCUT2D eigenvalue weighted by molar-refractivity contribution is 7.10. The summed E-state index contributed by atoms with van der Waals surface area (Å²) in [7, 11) is 1.62. The Balaban J connectivity index is 1.68. The topological polar surface area (TPSA) is 71.5 Å². The van der Waals surface area contributed by atoms with E-state index in [1.54, 1.807) is 18.4 Å². The van der Waals surface area contributed by atoms with Crippen molar-refractivity contribution < 1.29 is 24.1 Å². The fourth-order valence-electron chi connectivity index (χ4n) is 4.18. The minimum atomic E-state index is -0.704. The summed E-state index contributed by atoms with van der Waals surface area (Å²) in [5.74, 6) is 3.85. The van der Waals surface area contributed by atoms with E-state index >= 15 is 0 Å². The van der Waals surface area contributed by atoms with Crippen LogP contribution < -0.4 is 9.47 Å². The van der Waals surface area contributed by atoms with Crippen molar-refractivity contribution in [2.24, 2.45) is 0 Å². The lowest BCUT2D eigenvalue weighted by Crippen LogP contribution is -2.48. The number of carbonyl (C=O) groups is 1. The average molecular weight is 487 g/mol. The van der Waals surface area contributed by atoms with E-state index < -0.39 is 6.10 Å². The van der Waals surface area contributed by atoms with E-state index in [-0.39, 0.29) is 31.7 Å². The number of carbonyl (C=O) groups excluding carboxylic acids is 1. The van der Waals surface area contributed by atoms with Crippen LogP contribution in [-0.4, -0.2) is 80.0 Å². The van der Waals surface area contributed by atoms with Gasteiger partial charge < -0.3 is 24.2 Å². The third-order valence-corrected chi connectivity index (χ3v) is 6.72. The lowest BCUT2D eigenvalue weighted by molar-refractivity contribution is -0.136. The molecule has 0 radical (unpaired) electrons. The van der Waals surface area contributed by atoms with Crippen molar-refractivity contribution in [3.8, 4) is 23.8 Å². The molecule has 0 saturated carbocycles. The highest BCUT2D eigenvalue weighted by Crippen LogP contribution is 2.34. The van der Waals surface area contributed by atoms with Crippen molar-refractivity contribution >= 4 is 17.2 Å². The normalized spacial score (nSPS) is 16.1. The number of fused-ring (bicyclic) bond motifs is 1. The molecule has 0 aliphatic carbocycles. The van der Waals surface area contributed by atoms with Crippen LogP contribution in [0, 0.1) is 12.3 Å². The van der Waals surface area contributed by atoms with Crippen LogP contribution >= 0.6 is 11.3 Å². The van der Waals surface area contributed by atoms with Crippen molar-refractivity contribution in [1.29, 1.82) is 0 Å². The van der Waals surface area contributed by atoms with Crippen LogP contribution in [0.3, 0.4) is 0 Å². The van der Waals surface area contributed by atoms with Crippen molar-refractivity contribution in [1.82, 2.24) is 9.80 Å². The van der Waals surface area contributed by atoms with E-state index in [2.05, 4.69) is 24.3 Å². The van der Waals surface area contributed by atoms with E-state index in [1.807, 2.05) is 34.1 Å². The summed E-state index contributed by atoms with van der Waals surface area (Å²) in [5.41, 5.74) is 1.15. The van der Waals surface area contributed by atoms with Gasteiger partial charge in [0, 0.05) is 24.0 Å². The number of methoxy groups -OCH3 is 1. The first kappa shape index (κ1) is 26.0. The number of rotatable bonds is 13. The van der Waals surface area contributed by atoms with Gasteiger partial charge in [-0.25, -0.2) is 0 Å². The van der Waals surface area contributed by atoms with Gasteiger partial charge in [0.05, 0.1) is 32.4 Å². The molecule has 2 heterocycles. The van der Waals surface area contributed by atoms with Gasteiger partial charge >= 0.3 is 0 Å². The largest absolute Gasteiger partial charge is 0.497 e. The maximum Gasteiger partial charge on any atom is 0.237 e. The number of amides is 1. The maximum absolute atomic E-state index is 13.5. The molecular formula is C26H34N2O5S. The third kappa shape index (κ3) is 7.21. The number of hydrogen-bond acceptors (Lipinski definition) is 7. The summed E-state index contributed by atoms with van der Waals surface area (Å²) in [5, 5.41) is 12.4. The number of nitrogens with zero attached hydrogens (tertiary/aromatic N) is 2. The van der Waals surface area contributed by atoms with E-state index in [9.17, 15) is 9.90 Å². The number of terminal acetylenes is 1. The fourth-order valence-corrected chi connectivity index (χ4v) is 5.11. The van der Waals surface area contributed by atoms with Crippen LogP contribution in [0.2, 0.25) is 0 Å². The van der Waals surface area contributed by atoms with Crippen molar-refractivity contribution in [2.45, 2.75) is 31.9 Å². The zero-order valence-electron chi connectivity index (χ0n) is 19.9. The molecule has 0 saturated heterocycles. The Morgan fingerprint density at radius 2 is 2.21 bits per heavy atom. The van der Waals surface area contributed by atoms with Gasteiger partial charge in [-0.3, -0.25) is 9.69 Å². The number of aliphatic hydroxyl groups is 1. The quantitative estimate of drug-likeness (QED) is 0.347. The minimum Gasteiger partial charge on any atom is -0.497 e. The second-order valence-electron chi connectivity index (χ2n) is 8.25. The molecule has 184 valence electrons. The SMILES string of the molecule is C#CCOC[C@H](O)CN(CCC)CC(=O)N1CCc2sccc2[C@H]1COc1cccc(OC)c1. The highest BCUT2D eigenvalue weighted by Gasteiger charge is 2.33. The number of aliphatic hydroxyl groups excluding tert-OH is 1. The molecule has 34 heavy (non-hydrogen) atoms. The molecule has 0 unspecified atom stereocenters. The Hall–Kier alpha value is -2.57. The van der Waals surface area contributed by atoms with Gasteiger partial charge in [-0.05, 0) is 48.5 Å². The minimum absolute atomic E-state index is 0.0290. The fraction of sp³-hybridized carbons (Fsp3) is 0.500. The molecule has 1 aromatic heterocycles. The van der Waals surface area contributed by atoms with Crippen molar-refractivity contribution in [3.63, 3.8) is 0 Å². The van der Waals surface area contributed by atoms with Crippen LogP contribution in [0.25, 0.3) is 0 Å². The van der Waals surface area contributed by atoms with Crippen LogP contribution in [0.15, 0.2) is 35.7 Å². The highest BCUT2D eigenvalue weighted by atomic mass is 32.1. The molecule has 3 rings (SSSR count). The number of ether oxygens (including phenoxy) is 3. The zero-order valence-corrected chi connectivity index (χ0v) is 20.8. The predicted molar refractivity (Wildman–Crippen MR) is 133 cm³/mol. The van der Waals surface area contributed by atoms with Crippen molar-refractivity contribution in [2.75, 3.05) is 53.1 Å². The molecule has 0 fully saturated rings. The van der Waals surface area contributed by atoms with Gasteiger partial charge in [-0.2, -0.15) is 0 Å². The van der Waals surface area contributed by atoms with Gasteiger partial charge in [-0.1, -0.05) is 18.9 Å². The molecule has 0 bridgehead atoms. The van der Waals surface area contributed by atoms with Gasteiger partial charge in [0.25, 0.3) is 0 Å². The number of hydrogen-bond donors (Lipinski definition) is 1. The first-order valence-corrected chi connectivity index (χ1v) is 12.5. The maximum atomic E-state index is 13.5. The van der Waals surface area contributed by atoms with Crippen molar-refractivity contribution in [3.05, 3.63) is 46.2 Å². The molecule has 1 aliphatic rings. The number of thiophene rings is 1. The average Bonchev–Trinajstić information content (AvgIpc) is 3.32. The van der Waals surface area contributed by atoms with Gasteiger partial charge in [-0.15, -0.1) is 17.8 Å². The summed E-state index contributed by atoms with van der Waals surface area (Å²) in [6.07, 6.45) is 6.21. The van der Waals surface area contributed by atoms with Gasteiger partial charge in [0.1, 0.15) is 24.7 Å². The molecule has 8 heteroatoms. The summed E-state index contributed by atoms with van der Waals surface area (Å²) in [6.45, 7) is 4.67. The summed E-state index contributed by atoms with van der Waals surface area (Å²) >= 11 is 1.73. The smallest absolute Gasteiger partial charge is 0.237 e. The zero-order chi connectivity index (χ0) is 24.3. The Bertz CT molecular complexity index is 957. The molecule has 1 aliphatic heterocycles. The molecule has 1 N–H and O–H groups in total. The second kappa shape index (κ2) is 13.4. The molecule has 2 atom stereocenters. The van der Waals surface area contributed by atoms with Gasteiger partial charge in [0.2, 0.25) is 5.91 Å². The Kier molecular flexibility index (Phi) is 10.2. The Labute approximate surface area is 206 Å². The molecule has 1 amide bonds. The van der Waals surface area contributed by atoms with Crippen LogP contribution in [-0.2, 0) is 16.0 Å². The lowest BCUT2D eigenvalue weighted by Gasteiger charge is -2.37. The van der Waals surface area contributed by atoms with Gasteiger partial charge in [0.15, 0.2) is 0 Å². The molecule has 0 spiro atoms.